The highest BCUT2D eigenvalue weighted by molar-refractivity contribution is 6.14. The van der Waals surface area contributed by atoms with E-state index in [2.05, 4.69) is 4.85 Å². The van der Waals surface area contributed by atoms with Gasteiger partial charge in [0.15, 0.2) is 5.82 Å². The van der Waals surface area contributed by atoms with Crippen molar-refractivity contribution in [2.45, 2.75) is 40.0 Å². The fourth-order valence-corrected chi connectivity index (χ4v) is 3.93. The van der Waals surface area contributed by atoms with Crippen LogP contribution in [-0.4, -0.2) is 0 Å². The molecule has 2 aromatic heterocycles. The lowest BCUT2D eigenvalue weighted by Gasteiger charge is -2.20. The third-order valence-corrected chi connectivity index (χ3v) is 5.36. The first kappa shape index (κ1) is 15.7. The van der Waals surface area contributed by atoms with Crippen molar-refractivity contribution in [3.8, 4) is 11.3 Å². The molecule has 2 heterocycles. The molecule has 0 N–H and O–H groups in total. The van der Waals surface area contributed by atoms with Crippen molar-refractivity contribution in [3.63, 3.8) is 0 Å². The Morgan fingerprint density at radius 3 is 2.59 bits per heavy atom. The van der Waals surface area contributed by atoms with Gasteiger partial charge in [0.2, 0.25) is 17.6 Å². The Balaban J connectivity index is 2.23. The van der Waals surface area contributed by atoms with E-state index in [4.69, 9.17) is 15.1 Å². The second-order valence-corrected chi connectivity index (χ2v) is 8.47. The van der Waals surface area contributed by atoms with Crippen LogP contribution >= 0.6 is 0 Å². The largest absolute Gasteiger partial charge is 0.466 e. The molecular weight excluding hydrogens is 363 g/mol. The Bertz CT molecular complexity index is 1440. The SMILES string of the molecule is [2H]C([2H])([2H])c1cc(C)c(-c2cc(C(C)(C)C)c(F)c[n+]2C)c2oc3c([N+]#[C-])cccc3c12. The van der Waals surface area contributed by atoms with Gasteiger partial charge in [-0.25, -0.2) is 9.24 Å². The van der Waals surface area contributed by atoms with Crippen molar-refractivity contribution in [1.82, 2.24) is 0 Å². The second kappa shape index (κ2) is 6.42. The van der Waals surface area contributed by atoms with Crippen molar-refractivity contribution in [2.24, 2.45) is 7.05 Å². The van der Waals surface area contributed by atoms with E-state index in [1.807, 2.05) is 27.7 Å². The number of benzene rings is 2. The van der Waals surface area contributed by atoms with E-state index in [0.29, 0.717) is 50.0 Å². The summed E-state index contributed by atoms with van der Waals surface area (Å²) in [4.78, 5) is 3.55. The molecule has 0 fully saturated rings. The van der Waals surface area contributed by atoms with Gasteiger partial charge in [-0.15, -0.1) is 0 Å². The van der Waals surface area contributed by atoms with Gasteiger partial charge in [-0.3, -0.25) is 0 Å². The zero-order valence-electron chi connectivity index (χ0n) is 20.1. The van der Waals surface area contributed by atoms with Crippen LogP contribution in [0.25, 0.3) is 38.0 Å². The Kier molecular flexibility index (Phi) is 3.48. The third kappa shape index (κ3) is 2.89. The monoisotopic (exact) mass is 390 g/mol. The summed E-state index contributed by atoms with van der Waals surface area (Å²) in [5.41, 5.74) is 3.47. The molecule has 146 valence electrons. The fraction of sp³-hybridized carbons (Fsp3) is 0.280. The van der Waals surface area contributed by atoms with Crippen LogP contribution in [0, 0.1) is 26.2 Å². The van der Waals surface area contributed by atoms with Gasteiger partial charge >= 0.3 is 0 Å². The minimum atomic E-state index is -2.37. The molecule has 0 saturated heterocycles. The molecule has 4 aromatic rings. The number of aromatic nitrogens is 1. The highest BCUT2D eigenvalue weighted by atomic mass is 19.1. The van der Waals surface area contributed by atoms with Gasteiger partial charge < -0.3 is 4.42 Å². The second-order valence-electron chi connectivity index (χ2n) is 8.47. The zero-order chi connectivity index (χ0) is 23.6. The Hall–Kier alpha value is -3.19. The average Bonchev–Trinajstić information content (AvgIpc) is 3.05. The molecule has 0 saturated carbocycles. The van der Waals surface area contributed by atoms with Crippen molar-refractivity contribution in [3.05, 3.63) is 70.5 Å². The quantitative estimate of drug-likeness (QED) is 0.262. The normalized spacial score (nSPS) is 13.9. The van der Waals surface area contributed by atoms with Gasteiger partial charge in [0, 0.05) is 26.5 Å². The summed E-state index contributed by atoms with van der Waals surface area (Å²) in [6.07, 6.45) is 1.44. The van der Waals surface area contributed by atoms with E-state index < -0.39 is 12.3 Å². The van der Waals surface area contributed by atoms with E-state index in [-0.39, 0.29) is 11.4 Å². The van der Waals surface area contributed by atoms with Gasteiger partial charge in [0.25, 0.3) is 0 Å². The molecule has 4 rings (SSSR count). The summed E-state index contributed by atoms with van der Waals surface area (Å²) in [5, 5.41) is 1.05. The van der Waals surface area contributed by atoms with Crippen molar-refractivity contribution >= 4 is 27.6 Å². The number of pyridine rings is 1. The minimum absolute atomic E-state index is 0.176. The minimum Gasteiger partial charge on any atom is -0.466 e. The van der Waals surface area contributed by atoms with Gasteiger partial charge in [-0.1, -0.05) is 45.0 Å². The van der Waals surface area contributed by atoms with Crippen molar-refractivity contribution < 1.29 is 17.5 Å². The molecule has 29 heavy (non-hydrogen) atoms. The van der Waals surface area contributed by atoms with E-state index in [9.17, 15) is 4.39 Å². The summed E-state index contributed by atoms with van der Waals surface area (Å²) >= 11 is 0. The number of nitrogens with zero attached hydrogens (tertiary/aromatic N) is 2. The Morgan fingerprint density at radius 1 is 1.17 bits per heavy atom. The number of rotatable bonds is 1. The summed E-state index contributed by atoms with van der Waals surface area (Å²) in [5.74, 6) is -0.309. The molecule has 2 aromatic carbocycles. The molecular formula is C25H24FN2O+. The Morgan fingerprint density at radius 2 is 1.93 bits per heavy atom. The van der Waals surface area contributed by atoms with Crippen LogP contribution in [0.5, 0.6) is 0 Å². The number of hydrogen-bond acceptors (Lipinski definition) is 1. The lowest BCUT2D eigenvalue weighted by atomic mass is 9.85. The van der Waals surface area contributed by atoms with Crippen LogP contribution in [0.3, 0.4) is 0 Å². The molecule has 0 aliphatic rings. The van der Waals surface area contributed by atoms with Gasteiger partial charge in [-0.2, -0.15) is 4.57 Å². The molecule has 0 aliphatic heterocycles. The van der Waals surface area contributed by atoms with Gasteiger partial charge in [-0.05, 0) is 30.3 Å². The molecule has 3 nitrogen and oxygen atoms in total. The van der Waals surface area contributed by atoms with E-state index in [1.54, 1.807) is 41.9 Å². The molecule has 0 bridgehead atoms. The predicted molar refractivity (Wildman–Crippen MR) is 115 cm³/mol. The standard InChI is InChI=1S/C25H24FN2O/c1-14-11-15(2)22(20-12-17(25(3,4)5)18(26)13-28(20)7)24-21(14)16-9-8-10-19(27-6)23(16)29-24/h8-13H,1-5,7H3/q+1/i1D3. The maximum absolute atomic E-state index is 14.8. The lowest BCUT2D eigenvalue weighted by molar-refractivity contribution is -0.662. The van der Waals surface area contributed by atoms with Gasteiger partial charge in [0.05, 0.1) is 12.1 Å². The predicted octanol–water partition coefficient (Wildman–Crippen LogP) is 6.68. The van der Waals surface area contributed by atoms with Crippen molar-refractivity contribution in [1.29, 1.82) is 0 Å². The molecule has 0 aliphatic carbocycles. The number of furan rings is 1. The van der Waals surface area contributed by atoms with E-state index in [0.717, 1.165) is 0 Å². The first-order valence-electron chi connectivity index (χ1n) is 10.9. The Labute approximate surface area is 174 Å². The summed E-state index contributed by atoms with van der Waals surface area (Å²) < 4.78 is 47.0. The maximum Gasteiger partial charge on any atom is 0.229 e. The summed E-state index contributed by atoms with van der Waals surface area (Å²) in [7, 11) is 1.75. The lowest BCUT2D eigenvalue weighted by Crippen LogP contribution is -2.33. The van der Waals surface area contributed by atoms with Crippen LogP contribution in [0.15, 0.2) is 40.9 Å². The van der Waals surface area contributed by atoms with Crippen LogP contribution in [0.2, 0.25) is 0 Å². The number of para-hydroxylation sites is 1. The van der Waals surface area contributed by atoms with Crippen LogP contribution < -0.4 is 4.57 Å². The third-order valence-electron chi connectivity index (χ3n) is 5.36. The molecule has 0 radical (unpaired) electrons. The zero-order valence-corrected chi connectivity index (χ0v) is 17.1. The molecule has 0 unspecified atom stereocenters. The van der Waals surface area contributed by atoms with Gasteiger partial charge in [0.1, 0.15) is 18.2 Å². The molecule has 0 atom stereocenters. The topological polar surface area (TPSA) is 21.4 Å². The first-order chi connectivity index (χ1) is 14.8. The smallest absolute Gasteiger partial charge is 0.229 e. The van der Waals surface area contributed by atoms with E-state index >= 15 is 0 Å². The van der Waals surface area contributed by atoms with Crippen LogP contribution in [-0.2, 0) is 12.5 Å². The number of aryl methyl sites for hydroxylation is 3. The number of halogens is 1. The van der Waals surface area contributed by atoms with Crippen molar-refractivity contribution in [2.75, 3.05) is 0 Å². The number of fused-ring (bicyclic) bond motifs is 3. The summed E-state index contributed by atoms with van der Waals surface area (Å²) in [6, 6.07) is 8.60. The highest BCUT2D eigenvalue weighted by Gasteiger charge is 2.28. The summed E-state index contributed by atoms with van der Waals surface area (Å²) in [6.45, 7) is 12.8. The fourth-order valence-electron chi connectivity index (χ4n) is 3.93. The molecule has 0 spiro atoms. The maximum atomic E-state index is 14.8. The number of hydrogen-bond donors (Lipinski definition) is 0. The van der Waals surface area contributed by atoms with E-state index in [1.165, 1.54) is 6.20 Å². The molecule has 0 amide bonds. The van der Waals surface area contributed by atoms with Crippen LogP contribution in [0.4, 0.5) is 10.1 Å². The highest BCUT2D eigenvalue weighted by Crippen LogP contribution is 2.42. The van der Waals surface area contributed by atoms with Crippen LogP contribution in [0.1, 0.15) is 41.6 Å². The molecule has 4 heteroatoms. The first-order valence-corrected chi connectivity index (χ1v) is 9.41. The average molecular weight is 390 g/mol.